The van der Waals surface area contributed by atoms with Crippen LogP contribution in [0.2, 0.25) is 0 Å². The predicted molar refractivity (Wildman–Crippen MR) is 112 cm³/mol. The minimum absolute atomic E-state index is 0.112. The summed E-state index contributed by atoms with van der Waals surface area (Å²) in [4.78, 5) is 27.8. The third kappa shape index (κ3) is 4.09. The molecule has 0 bridgehead atoms. The molecule has 0 aliphatic carbocycles. The van der Waals surface area contributed by atoms with Gasteiger partial charge in [-0.05, 0) is 29.5 Å². The Hall–Kier alpha value is -3.34. The van der Waals surface area contributed by atoms with Crippen molar-refractivity contribution in [3.05, 3.63) is 99.5 Å². The number of carbonyl (C=O) groups excluding carboxylic acids is 1. The molecule has 1 amide bonds. The highest BCUT2D eigenvalue weighted by molar-refractivity contribution is 5.95. The van der Waals surface area contributed by atoms with Crippen molar-refractivity contribution in [2.75, 3.05) is 6.54 Å². The second kappa shape index (κ2) is 8.35. The van der Waals surface area contributed by atoms with Crippen molar-refractivity contribution in [1.82, 2.24) is 9.47 Å². The number of hydrogen-bond acceptors (Lipinski definition) is 3. The fourth-order valence-corrected chi connectivity index (χ4v) is 3.75. The van der Waals surface area contributed by atoms with Crippen molar-refractivity contribution in [2.45, 2.75) is 26.0 Å². The van der Waals surface area contributed by atoms with E-state index in [1.54, 1.807) is 17.8 Å². The Morgan fingerprint density at radius 3 is 2.52 bits per heavy atom. The van der Waals surface area contributed by atoms with Crippen LogP contribution in [-0.2, 0) is 26.6 Å². The zero-order valence-corrected chi connectivity index (χ0v) is 16.5. The van der Waals surface area contributed by atoms with Crippen molar-refractivity contribution in [1.29, 1.82) is 0 Å². The first-order valence-electron chi connectivity index (χ1n) is 9.86. The van der Waals surface area contributed by atoms with Gasteiger partial charge in [0.05, 0.1) is 0 Å². The lowest BCUT2D eigenvalue weighted by Gasteiger charge is -2.23. The highest BCUT2D eigenvalue weighted by atomic mass is 16.5. The molecular weight excluding hydrogens is 364 g/mol. The molecular formula is C24H24N2O3. The summed E-state index contributed by atoms with van der Waals surface area (Å²) in [6, 6.07) is 19.3. The van der Waals surface area contributed by atoms with Gasteiger partial charge in [0.1, 0.15) is 6.61 Å². The molecule has 148 valence electrons. The van der Waals surface area contributed by atoms with Crippen LogP contribution in [0.4, 0.5) is 0 Å². The summed E-state index contributed by atoms with van der Waals surface area (Å²) < 4.78 is 7.55. The second-order valence-corrected chi connectivity index (χ2v) is 7.34. The molecule has 1 aromatic heterocycles. The van der Waals surface area contributed by atoms with Gasteiger partial charge in [-0.15, -0.1) is 0 Å². The standard InChI is InChI=1S/C24H24N2O3/c1-25-15-13-21(27)23(29-17-18-8-3-2-4-9-18)22(25)24(28)26-14-7-12-19-10-5-6-11-20(19)16-26/h2-6,8-11,13,15H,7,12,14,16-17H2,1H3. The van der Waals surface area contributed by atoms with Gasteiger partial charge < -0.3 is 14.2 Å². The minimum Gasteiger partial charge on any atom is -0.483 e. The molecule has 0 atom stereocenters. The van der Waals surface area contributed by atoms with Crippen molar-refractivity contribution in [2.24, 2.45) is 7.05 Å². The summed E-state index contributed by atoms with van der Waals surface area (Å²) >= 11 is 0. The number of fused-ring (bicyclic) bond motifs is 1. The Balaban J connectivity index is 1.64. The number of ether oxygens (including phenoxy) is 1. The number of pyridine rings is 1. The van der Waals surface area contributed by atoms with E-state index in [4.69, 9.17) is 4.74 Å². The molecule has 0 spiro atoms. The molecule has 0 saturated heterocycles. The molecule has 0 N–H and O–H groups in total. The topological polar surface area (TPSA) is 51.5 Å². The Bertz CT molecular complexity index is 1070. The largest absolute Gasteiger partial charge is 0.483 e. The highest BCUT2D eigenvalue weighted by Gasteiger charge is 2.26. The summed E-state index contributed by atoms with van der Waals surface area (Å²) in [5.41, 5.74) is 3.40. The second-order valence-electron chi connectivity index (χ2n) is 7.34. The van der Waals surface area contributed by atoms with Crippen LogP contribution in [-0.4, -0.2) is 21.9 Å². The maximum atomic E-state index is 13.5. The van der Waals surface area contributed by atoms with Crippen molar-refractivity contribution < 1.29 is 9.53 Å². The molecule has 2 heterocycles. The van der Waals surface area contributed by atoms with E-state index in [2.05, 4.69) is 12.1 Å². The van der Waals surface area contributed by atoms with E-state index in [0.29, 0.717) is 18.8 Å². The highest BCUT2D eigenvalue weighted by Crippen LogP contribution is 2.23. The van der Waals surface area contributed by atoms with E-state index in [1.807, 2.05) is 47.4 Å². The molecule has 2 aromatic carbocycles. The van der Waals surface area contributed by atoms with Gasteiger partial charge in [0.15, 0.2) is 11.4 Å². The Kier molecular flexibility index (Phi) is 5.47. The van der Waals surface area contributed by atoms with Gasteiger partial charge in [-0.1, -0.05) is 54.6 Å². The summed E-state index contributed by atoms with van der Waals surface area (Å²) in [7, 11) is 1.77. The third-order valence-corrected chi connectivity index (χ3v) is 5.31. The molecule has 1 aliphatic rings. The van der Waals surface area contributed by atoms with Crippen molar-refractivity contribution >= 4 is 5.91 Å². The lowest BCUT2D eigenvalue weighted by atomic mass is 10.0. The maximum Gasteiger partial charge on any atom is 0.274 e. The minimum atomic E-state index is -0.280. The lowest BCUT2D eigenvalue weighted by Crippen LogP contribution is -2.34. The Morgan fingerprint density at radius 1 is 1.00 bits per heavy atom. The number of rotatable bonds is 4. The van der Waals surface area contributed by atoms with Gasteiger partial charge in [0.25, 0.3) is 5.91 Å². The molecule has 5 heteroatoms. The molecule has 3 aromatic rings. The first kappa shape index (κ1) is 19.0. The van der Waals surface area contributed by atoms with E-state index >= 15 is 0 Å². The predicted octanol–water partition coefficient (Wildman–Crippen LogP) is 3.55. The van der Waals surface area contributed by atoms with E-state index in [0.717, 1.165) is 24.0 Å². The van der Waals surface area contributed by atoms with Crippen LogP contribution in [0.25, 0.3) is 0 Å². The van der Waals surface area contributed by atoms with Gasteiger partial charge in [0, 0.05) is 32.4 Å². The first-order valence-corrected chi connectivity index (χ1v) is 9.86. The molecule has 4 rings (SSSR count). The Morgan fingerprint density at radius 2 is 1.72 bits per heavy atom. The summed E-state index contributed by atoms with van der Waals surface area (Å²) in [6.45, 7) is 1.42. The van der Waals surface area contributed by atoms with Gasteiger partial charge in [0.2, 0.25) is 5.43 Å². The quantitative estimate of drug-likeness (QED) is 0.687. The van der Waals surface area contributed by atoms with E-state index in [1.165, 1.54) is 11.6 Å². The van der Waals surface area contributed by atoms with Gasteiger partial charge in [-0.3, -0.25) is 9.59 Å². The number of amides is 1. The van der Waals surface area contributed by atoms with E-state index in [-0.39, 0.29) is 23.7 Å². The third-order valence-electron chi connectivity index (χ3n) is 5.31. The molecule has 1 aliphatic heterocycles. The smallest absolute Gasteiger partial charge is 0.274 e. The lowest BCUT2D eigenvalue weighted by molar-refractivity contribution is 0.0729. The van der Waals surface area contributed by atoms with E-state index < -0.39 is 0 Å². The summed E-state index contributed by atoms with van der Waals surface area (Å²) in [5.74, 6) is -0.0636. The number of nitrogens with zero attached hydrogens (tertiary/aromatic N) is 2. The van der Waals surface area contributed by atoms with Crippen molar-refractivity contribution in [3.63, 3.8) is 0 Å². The summed E-state index contributed by atoms with van der Waals surface area (Å²) in [6.07, 6.45) is 3.46. The van der Waals surface area contributed by atoms with Crippen LogP contribution in [0, 0.1) is 0 Å². The summed E-state index contributed by atoms with van der Waals surface area (Å²) in [5, 5.41) is 0. The fraction of sp³-hybridized carbons (Fsp3) is 0.250. The molecule has 29 heavy (non-hydrogen) atoms. The van der Waals surface area contributed by atoms with Crippen LogP contribution in [0.1, 0.15) is 33.6 Å². The number of hydrogen-bond donors (Lipinski definition) is 0. The average Bonchev–Trinajstić information content (AvgIpc) is 2.97. The number of benzene rings is 2. The van der Waals surface area contributed by atoms with E-state index in [9.17, 15) is 9.59 Å². The zero-order chi connectivity index (χ0) is 20.2. The first-order chi connectivity index (χ1) is 14.1. The fourth-order valence-electron chi connectivity index (χ4n) is 3.75. The van der Waals surface area contributed by atoms with Crippen LogP contribution < -0.4 is 10.2 Å². The Labute approximate surface area is 170 Å². The molecule has 5 nitrogen and oxygen atoms in total. The normalized spacial score (nSPS) is 13.5. The molecule has 0 radical (unpaired) electrons. The van der Waals surface area contributed by atoms with Crippen LogP contribution in [0.5, 0.6) is 5.75 Å². The number of aryl methyl sites for hydroxylation is 2. The van der Waals surface area contributed by atoms with Crippen molar-refractivity contribution in [3.8, 4) is 5.75 Å². The van der Waals surface area contributed by atoms with Crippen LogP contribution in [0.15, 0.2) is 71.7 Å². The number of carbonyl (C=O) groups is 1. The molecule has 0 fully saturated rings. The van der Waals surface area contributed by atoms with Crippen LogP contribution in [0.3, 0.4) is 0 Å². The molecule has 0 saturated carbocycles. The average molecular weight is 388 g/mol. The number of aromatic nitrogens is 1. The zero-order valence-electron chi connectivity index (χ0n) is 16.5. The van der Waals surface area contributed by atoms with Crippen LogP contribution >= 0.6 is 0 Å². The van der Waals surface area contributed by atoms with Gasteiger partial charge >= 0.3 is 0 Å². The van der Waals surface area contributed by atoms with Gasteiger partial charge in [-0.25, -0.2) is 0 Å². The maximum absolute atomic E-state index is 13.5. The SMILES string of the molecule is Cn1ccc(=O)c(OCc2ccccc2)c1C(=O)N1CCCc2ccccc2C1. The molecule has 0 unspecified atom stereocenters. The van der Waals surface area contributed by atoms with Gasteiger partial charge in [-0.2, -0.15) is 0 Å². The monoisotopic (exact) mass is 388 g/mol.